The smallest absolute Gasteiger partial charge is 0.172 e. The van der Waals surface area contributed by atoms with E-state index in [0.29, 0.717) is 5.69 Å². The average molecular weight is 219 g/mol. The number of hydrogen-bond donors (Lipinski definition) is 0. The van der Waals surface area contributed by atoms with Crippen LogP contribution in [0, 0.1) is 11.8 Å². The van der Waals surface area contributed by atoms with Crippen LogP contribution in [0.4, 0.5) is 0 Å². The van der Waals surface area contributed by atoms with E-state index in [1.165, 1.54) is 32.1 Å². The fourth-order valence-electron chi connectivity index (χ4n) is 2.13. The van der Waals surface area contributed by atoms with Crippen LogP contribution >= 0.6 is 0 Å². The Hall–Kier alpha value is -1.19. The van der Waals surface area contributed by atoms with Gasteiger partial charge in [-0.2, -0.15) is 0 Å². The fourth-order valence-corrected chi connectivity index (χ4v) is 2.13. The van der Waals surface area contributed by atoms with E-state index in [1.807, 2.05) is 4.68 Å². The predicted octanol–water partition coefficient (Wildman–Crippen LogP) is 1.84. The summed E-state index contributed by atoms with van der Waals surface area (Å²) in [5.41, 5.74) is 1.63. The summed E-state index contributed by atoms with van der Waals surface area (Å²) in [6, 6.07) is 0. The van der Waals surface area contributed by atoms with Gasteiger partial charge in [0.05, 0.1) is 5.69 Å². The monoisotopic (exact) mass is 219 g/mol. The normalized spacial score (nSPS) is 20.0. The Kier molecular flexibility index (Phi) is 2.50. The summed E-state index contributed by atoms with van der Waals surface area (Å²) < 4.78 is 1.96. The van der Waals surface area contributed by atoms with Crippen molar-refractivity contribution in [1.82, 2.24) is 15.0 Å². The van der Waals surface area contributed by atoms with Crippen molar-refractivity contribution in [1.29, 1.82) is 0 Å². The van der Waals surface area contributed by atoms with Crippen LogP contribution in [0.15, 0.2) is 0 Å². The van der Waals surface area contributed by atoms with E-state index in [9.17, 15) is 4.79 Å². The Labute approximate surface area is 95.0 Å². The molecule has 3 rings (SSSR count). The molecule has 0 unspecified atom stereocenters. The Bertz CT molecular complexity index is 391. The van der Waals surface area contributed by atoms with E-state index in [4.69, 9.17) is 0 Å². The van der Waals surface area contributed by atoms with Crippen LogP contribution < -0.4 is 0 Å². The zero-order valence-electron chi connectivity index (χ0n) is 9.43. The molecule has 4 heteroatoms. The van der Waals surface area contributed by atoms with Gasteiger partial charge in [0.25, 0.3) is 0 Å². The number of aromatic nitrogens is 3. The molecule has 0 aromatic carbocycles. The van der Waals surface area contributed by atoms with Crippen LogP contribution in [-0.4, -0.2) is 21.3 Å². The second kappa shape index (κ2) is 4.00. The maximum absolute atomic E-state index is 10.9. The largest absolute Gasteiger partial charge is 0.296 e. The minimum atomic E-state index is 0.558. The summed E-state index contributed by atoms with van der Waals surface area (Å²) in [5, 5.41) is 8.06. The van der Waals surface area contributed by atoms with Gasteiger partial charge < -0.3 is 0 Å². The van der Waals surface area contributed by atoms with Gasteiger partial charge in [0.1, 0.15) is 5.69 Å². The third-order valence-corrected chi connectivity index (χ3v) is 3.60. The molecule has 1 aromatic rings. The molecule has 2 saturated carbocycles. The number of aldehydes is 1. The molecule has 86 valence electrons. The van der Waals surface area contributed by atoms with Crippen LogP contribution in [0.3, 0.4) is 0 Å². The molecule has 0 atom stereocenters. The van der Waals surface area contributed by atoms with Gasteiger partial charge in [-0.3, -0.25) is 4.79 Å². The number of rotatable bonds is 6. The highest BCUT2D eigenvalue weighted by Crippen LogP contribution is 2.34. The lowest BCUT2D eigenvalue weighted by molar-refractivity contribution is 0.111. The van der Waals surface area contributed by atoms with E-state index in [1.54, 1.807) is 0 Å². The van der Waals surface area contributed by atoms with Gasteiger partial charge in [-0.1, -0.05) is 18.1 Å². The first kappa shape index (κ1) is 10.00. The lowest BCUT2D eigenvalue weighted by atomic mass is 10.2. The zero-order valence-corrected chi connectivity index (χ0v) is 9.43. The lowest BCUT2D eigenvalue weighted by Gasteiger charge is -2.05. The highest BCUT2D eigenvalue weighted by Gasteiger charge is 2.27. The Morgan fingerprint density at radius 1 is 1.25 bits per heavy atom. The fraction of sp³-hybridized carbons (Fsp3) is 0.750. The van der Waals surface area contributed by atoms with E-state index >= 15 is 0 Å². The van der Waals surface area contributed by atoms with Crippen molar-refractivity contribution in [3.8, 4) is 0 Å². The maximum atomic E-state index is 10.9. The van der Waals surface area contributed by atoms with Crippen molar-refractivity contribution >= 4 is 6.29 Å². The van der Waals surface area contributed by atoms with Gasteiger partial charge in [-0.05, 0) is 37.5 Å². The Balaban J connectivity index is 1.72. The summed E-state index contributed by atoms with van der Waals surface area (Å²) in [4.78, 5) is 10.9. The molecule has 0 amide bonds. The van der Waals surface area contributed by atoms with Crippen molar-refractivity contribution in [2.75, 3.05) is 0 Å². The quantitative estimate of drug-likeness (QED) is 0.686. The van der Waals surface area contributed by atoms with Crippen LogP contribution in [0.5, 0.6) is 0 Å². The van der Waals surface area contributed by atoms with Crippen molar-refractivity contribution < 1.29 is 4.79 Å². The summed E-state index contributed by atoms with van der Waals surface area (Å²) in [7, 11) is 0. The van der Waals surface area contributed by atoms with Crippen LogP contribution in [0.25, 0.3) is 0 Å². The highest BCUT2D eigenvalue weighted by atomic mass is 16.1. The summed E-state index contributed by atoms with van der Waals surface area (Å²) in [5.74, 6) is 1.68. The number of carbonyl (C=O) groups excluding carboxylic acids is 1. The van der Waals surface area contributed by atoms with E-state index < -0.39 is 0 Å². The van der Waals surface area contributed by atoms with Gasteiger partial charge in [-0.15, -0.1) is 5.10 Å². The van der Waals surface area contributed by atoms with Crippen molar-refractivity contribution in [2.24, 2.45) is 11.8 Å². The first-order valence-electron chi connectivity index (χ1n) is 6.24. The second-order valence-corrected chi connectivity index (χ2v) is 5.14. The molecule has 0 N–H and O–H groups in total. The Morgan fingerprint density at radius 3 is 2.62 bits per heavy atom. The highest BCUT2D eigenvalue weighted by molar-refractivity contribution is 5.73. The molecule has 1 aromatic heterocycles. The van der Waals surface area contributed by atoms with Crippen molar-refractivity contribution in [3.05, 3.63) is 11.4 Å². The predicted molar refractivity (Wildman–Crippen MR) is 59.2 cm³/mol. The van der Waals surface area contributed by atoms with Crippen LogP contribution in [-0.2, 0) is 13.0 Å². The molecule has 0 saturated heterocycles. The number of nitrogens with zero attached hydrogens (tertiary/aromatic N) is 3. The van der Waals surface area contributed by atoms with Gasteiger partial charge in [0.15, 0.2) is 6.29 Å². The summed E-state index contributed by atoms with van der Waals surface area (Å²) >= 11 is 0. The van der Waals surface area contributed by atoms with Gasteiger partial charge in [0, 0.05) is 6.54 Å². The molecular formula is C12H17N3O. The molecular weight excluding hydrogens is 202 g/mol. The Morgan fingerprint density at radius 2 is 2.00 bits per heavy atom. The van der Waals surface area contributed by atoms with Crippen LogP contribution in [0.2, 0.25) is 0 Å². The number of aryl methyl sites for hydroxylation is 1. The molecule has 1 heterocycles. The van der Waals surface area contributed by atoms with Gasteiger partial charge in [0.2, 0.25) is 0 Å². The number of hydrogen-bond acceptors (Lipinski definition) is 3. The SMILES string of the molecule is O=Cc1nnn(CCC2CC2)c1CC1CC1. The summed E-state index contributed by atoms with van der Waals surface area (Å²) in [6.45, 7) is 0.938. The minimum Gasteiger partial charge on any atom is -0.296 e. The topological polar surface area (TPSA) is 47.8 Å². The van der Waals surface area contributed by atoms with Crippen LogP contribution in [0.1, 0.15) is 48.3 Å². The molecule has 4 nitrogen and oxygen atoms in total. The van der Waals surface area contributed by atoms with Crippen molar-refractivity contribution in [2.45, 2.75) is 45.1 Å². The molecule has 2 aliphatic rings. The van der Waals surface area contributed by atoms with E-state index in [2.05, 4.69) is 10.3 Å². The minimum absolute atomic E-state index is 0.558. The first-order valence-corrected chi connectivity index (χ1v) is 6.24. The molecule has 16 heavy (non-hydrogen) atoms. The van der Waals surface area contributed by atoms with E-state index in [0.717, 1.165) is 36.8 Å². The standard InChI is InChI=1S/C12H17N3O/c16-8-11-12(7-10-3-4-10)15(14-13-11)6-5-9-1-2-9/h8-10H,1-7H2. The van der Waals surface area contributed by atoms with Gasteiger partial charge >= 0.3 is 0 Å². The molecule has 0 bridgehead atoms. The zero-order chi connectivity index (χ0) is 11.0. The van der Waals surface area contributed by atoms with Crippen molar-refractivity contribution in [3.63, 3.8) is 0 Å². The summed E-state index contributed by atoms with van der Waals surface area (Å²) in [6.07, 6.45) is 8.36. The first-order chi connectivity index (χ1) is 7.86. The average Bonchev–Trinajstić information content (AvgIpc) is 3.17. The lowest BCUT2D eigenvalue weighted by Crippen LogP contribution is -2.08. The maximum Gasteiger partial charge on any atom is 0.172 e. The molecule has 0 spiro atoms. The molecule has 0 aliphatic heterocycles. The van der Waals surface area contributed by atoms with Gasteiger partial charge in [-0.25, -0.2) is 4.68 Å². The van der Waals surface area contributed by atoms with E-state index in [-0.39, 0.29) is 0 Å². The molecule has 2 fully saturated rings. The second-order valence-electron chi connectivity index (χ2n) is 5.14. The third kappa shape index (κ3) is 2.15. The third-order valence-electron chi connectivity index (χ3n) is 3.60. The number of carbonyl (C=O) groups is 1. The molecule has 2 aliphatic carbocycles. The molecule has 0 radical (unpaired) electrons.